The van der Waals surface area contributed by atoms with Crippen LogP contribution in [-0.4, -0.2) is 27.2 Å². The predicted molar refractivity (Wildman–Crippen MR) is 70.1 cm³/mol. The van der Waals surface area contributed by atoms with Crippen molar-refractivity contribution in [2.45, 2.75) is 13.0 Å². The van der Waals surface area contributed by atoms with Crippen LogP contribution >= 0.6 is 11.6 Å². The zero-order valence-corrected chi connectivity index (χ0v) is 11.0. The van der Waals surface area contributed by atoms with Crippen molar-refractivity contribution in [2.75, 3.05) is 17.3 Å². The standard InChI is InChI=1S/C10H13ClN2O3S/c1-7(6-17(2)16)12-9-5-8(11)3-4-10(9)13(14)15/h3-5,7,12H,6H2,1-2H3. The highest BCUT2D eigenvalue weighted by atomic mass is 35.5. The highest BCUT2D eigenvalue weighted by Gasteiger charge is 2.16. The predicted octanol–water partition coefficient (Wildman–Crippen LogP) is 2.43. The molecule has 0 aliphatic carbocycles. The first-order chi connectivity index (χ1) is 7.90. The monoisotopic (exact) mass is 276 g/mol. The Morgan fingerprint density at radius 1 is 1.59 bits per heavy atom. The fourth-order valence-electron chi connectivity index (χ4n) is 1.44. The Bertz CT molecular complexity index is 453. The maximum absolute atomic E-state index is 11.0. The van der Waals surface area contributed by atoms with Gasteiger partial charge in [0.2, 0.25) is 0 Å². The second kappa shape index (κ2) is 5.97. The van der Waals surface area contributed by atoms with E-state index < -0.39 is 15.7 Å². The zero-order valence-electron chi connectivity index (χ0n) is 9.47. The molecule has 0 saturated carbocycles. The first kappa shape index (κ1) is 13.9. The number of rotatable bonds is 5. The molecule has 17 heavy (non-hydrogen) atoms. The number of benzene rings is 1. The number of nitrogens with zero attached hydrogens (tertiary/aromatic N) is 1. The first-order valence-electron chi connectivity index (χ1n) is 4.90. The van der Waals surface area contributed by atoms with Crippen LogP contribution in [0.3, 0.4) is 0 Å². The smallest absolute Gasteiger partial charge is 0.292 e. The number of nitro benzene ring substituents is 1. The van der Waals surface area contributed by atoms with Crippen molar-refractivity contribution < 1.29 is 9.13 Å². The van der Waals surface area contributed by atoms with Crippen LogP contribution in [0.5, 0.6) is 0 Å². The molecule has 0 bridgehead atoms. The molecule has 0 amide bonds. The normalized spacial score (nSPS) is 14.1. The molecule has 0 saturated heterocycles. The van der Waals surface area contributed by atoms with Crippen LogP contribution in [0.15, 0.2) is 18.2 Å². The van der Waals surface area contributed by atoms with Gasteiger partial charge in [-0.15, -0.1) is 0 Å². The van der Waals surface area contributed by atoms with E-state index in [-0.39, 0.29) is 11.7 Å². The summed E-state index contributed by atoms with van der Waals surface area (Å²) in [7, 11) is -0.957. The molecular weight excluding hydrogens is 264 g/mol. The maximum Gasteiger partial charge on any atom is 0.292 e. The molecule has 7 heteroatoms. The lowest BCUT2D eigenvalue weighted by Crippen LogP contribution is -2.22. The van der Waals surface area contributed by atoms with Crippen LogP contribution in [0.1, 0.15) is 6.92 Å². The summed E-state index contributed by atoms with van der Waals surface area (Å²) in [4.78, 5) is 10.3. The molecule has 0 radical (unpaired) electrons. The molecule has 1 N–H and O–H groups in total. The van der Waals surface area contributed by atoms with Crippen molar-refractivity contribution in [3.63, 3.8) is 0 Å². The summed E-state index contributed by atoms with van der Waals surface area (Å²) in [6.45, 7) is 1.81. The molecule has 0 heterocycles. The summed E-state index contributed by atoms with van der Waals surface area (Å²) < 4.78 is 11.0. The van der Waals surface area contributed by atoms with Crippen molar-refractivity contribution in [1.82, 2.24) is 0 Å². The van der Waals surface area contributed by atoms with Crippen LogP contribution in [0.2, 0.25) is 5.02 Å². The molecule has 0 aliphatic rings. The number of anilines is 1. The topological polar surface area (TPSA) is 72.2 Å². The minimum Gasteiger partial charge on any atom is -0.376 e. The summed E-state index contributed by atoms with van der Waals surface area (Å²) in [6.07, 6.45) is 1.59. The molecule has 1 aromatic carbocycles. The molecule has 0 fully saturated rings. The van der Waals surface area contributed by atoms with Gasteiger partial charge < -0.3 is 5.32 Å². The number of halogens is 1. The van der Waals surface area contributed by atoms with Gasteiger partial charge in [0.25, 0.3) is 5.69 Å². The lowest BCUT2D eigenvalue weighted by molar-refractivity contribution is -0.384. The lowest BCUT2D eigenvalue weighted by atomic mass is 10.2. The average Bonchev–Trinajstić information content (AvgIpc) is 2.15. The van der Waals surface area contributed by atoms with Crippen molar-refractivity contribution in [3.05, 3.63) is 33.3 Å². The second-order valence-electron chi connectivity index (χ2n) is 3.70. The van der Waals surface area contributed by atoms with E-state index in [1.807, 2.05) is 6.92 Å². The molecule has 1 aromatic rings. The van der Waals surface area contributed by atoms with Crippen molar-refractivity contribution in [3.8, 4) is 0 Å². The highest BCUT2D eigenvalue weighted by Crippen LogP contribution is 2.28. The third-order valence-electron chi connectivity index (χ3n) is 2.04. The molecule has 0 spiro atoms. The SMILES string of the molecule is CC(CS(C)=O)Nc1cc(Cl)ccc1[N+](=O)[O-]. The van der Waals surface area contributed by atoms with Crippen LogP contribution < -0.4 is 5.32 Å². The van der Waals surface area contributed by atoms with Gasteiger partial charge in [-0.2, -0.15) is 0 Å². The second-order valence-corrected chi connectivity index (χ2v) is 5.62. The van der Waals surface area contributed by atoms with Crippen molar-refractivity contribution in [1.29, 1.82) is 0 Å². The van der Waals surface area contributed by atoms with E-state index >= 15 is 0 Å². The fourth-order valence-corrected chi connectivity index (χ4v) is 2.40. The van der Waals surface area contributed by atoms with E-state index in [1.54, 1.807) is 6.26 Å². The number of nitrogens with one attached hydrogen (secondary N) is 1. The van der Waals surface area contributed by atoms with Gasteiger partial charge in [-0.05, 0) is 19.1 Å². The summed E-state index contributed by atoms with van der Waals surface area (Å²) >= 11 is 5.79. The Hall–Kier alpha value is -1.14. The third kappa shape index (κ3) is 4.32. The Labute approximate surface area is 107 Å². The van der Waals surface area contributed by atoms with Gasteiger partial charge in [0.05, 0.1) is 4.92 Å². The van der Waals surface area contributed by atoms with Gasteiger partial charge in [-0.25, -0.2) is 0 Å². The quantitative estimate of drug-likeness (QED) is 0.662. The summed E-state index contributed by atoms with van der Waals surface area (Å²) in [5.74, 6) is 0.420. The zero-order chi connectivity index (χ0) is 13.0. The maximum atomic E-state index is 11.0. The highest BCUT2D eigenvalue weighted by molar-refractivity contribution is 7.84. The van der Waals surface area contributed by atoms with Gasteiger partial charge in [0.1, 0.15) is 5.69 Å². The lowest BCUT2D eigenvalue weighted by Gasteiger charge is -2.14. The Morgan fingerprint density at radius 3 is 2.76 bits per heavy atom. The van der Waals surface area contributed by atoms with Crippen LogP contribution in [0.4, 0.5) is 11.4 Å². The minimum atomic E-state index is -0.957. The summed E-state index contributed by atoms with van der Waals surface area (Å²) in [5.41, 5.74) is 0.309. The molecule has 0 aromatic heterocycles. The number of hydrogen-bond donors (Lipinski definition) is 1. The molecule has 0 aliphatic heterocycles. The molecular formula is C10H13ClN2O3S. The van der Waals surface area contributed by atoms with Gasteiger partial charge in [-0.3, -0.25) is 14.3 Å². The van der Waals surface area contributed by atoms with Crippen molar-refractivity contribution >= 4 is 33.8 Å². The van der Waals surface area contributed by atoms with Crippen molar-refractivity contribution in [2.24, 2.45) is 0 Å². The van der Waals surface area contributed by atoms with E-state index in [2.05, 4.69) is 5.32 Å². The van der Waals surface area contributed by atoms with E-state index in [9.17, 15) is 14.3 Å². The van der Waals surface area contributed by atoms with E-state index in [0.717, 1.165) is 0 Å². The third-order valence-corrected chi connectivity index (χ3v) is 3.25. The van der Waals surface area contributed by atoms with E-state index in [1.165, 1.54) is 18.2 Å². The average molecular weight is 277 g/mol. The summed E-state index contributed by atoms with van der Waals surface area (Å²) in [5, 5.41) is 14.2. The minimum absolute atomic E-state index is 0.0388. The van der Waals surface area contributed by atoms with Gasteiger partial charge >= 0.3 is 0 Å². The molecule has 2 atom stereocenters. The molecule has 94 valence electrons. The van der Waals surface area contributed by atoms with Gasteiger partial charge in [0.15, 0.2) is 0 Å². The molecule has 1 rings (SSSR count). The van der Waals surface area contributed by atoms with E-state index in [4.69, 9.17) is 11.6 Å². The van der Waals surface area contributed by atoms with Crippen LogP contribution in [0, 0.1) is 10.1 Å². The first-order valence-corrected chi connectivity index (χ1v) is 7.01. The summed E-state index contributed by atoms with van der Waals surface area (Å²) in [6, 6.07) is 4.18. The van der Waals surface area contributed by atoms with Gasteiger partial charge in [0, 0.05) is 39.9 Å². The molecule has 2 unspecified atom stereocenters. The Balaban J connectivity index is 2.92. The Kier molecular flexibility index (Phi) is 4.89. The number of hydrogen-bond acceptors (Lipinski definition) is 4. The van der Waals surface area contributed by atoms with Crippen LogP contribution in [-0.2, 0) is 10.8 Å². The number of nitro groups is 1. The Morgan fingerprint density at radius 2 is 2.24 bits per heavy atom. The van der Waals surface area contributed by atoms with Crippen LogP contribution in [0.25, 0.3) is 0 Å². The largest absolute Gasteiger partial charge is 0.376 e. The fraction of sp³-hybridized carbons (Fsp3) is 0.400. The van der Waals surface area contributed by atoms with Gasteiger partial charge in [-0.1, -0.05) is 11.6 Å². The molecule has 5 nitrogen and oxygen atoms in total. The van der Waals surface area contributed by atoms with E-state index in [0.29, 0.717) is 16.5 Å².